The molecule has 20 heavy (non-hydrogen) atoms. The van der Waals surface area contributed by atoms with Crippen LogP contribution in [0.3, 0.4) is 0 Å². The maximum atomic E-state index is 6.29. The Morgan fingerprint density at radius 2 is 2.00 bits per heavy atom. The van der Waals surface area contributed by atoms with E-state index in [-0.39, 0.29) is 6.04 Å². The first-order valence-electron chi connectivity index (χ1n) is 6.77. The molecule has 2 aromatic rings. The second-order valence-corrected chi connectivity index (χ2v) is 5.94. The van der Waals surface area contributed by atoms with Crippen molar-refractivity contribution in [3.8, 4) is 11.3 Å². The van der Waals surface area contributed by atoms with Gasteiger partial charge in [-0.1, -0.05) is 30.1 Å². The molecular formula is C15H19Cl2N3. The van der Waals surface area contributed by atoms with Gasteiger partial charge in [-0.3, -0.25) is 0 Å². The molecule has 108 valence electrons. The minimum absolute atomic E-state index is 0.260. The molecule has 0 atom stereocenters. The highest BCUT2D eigenvalue weighted by Gasteiger charge is 2.19. The molecule has 0 amide bonds. The average Bonchev–Trinajstić information content (AvgIpc) is 2.70. The fraction of sp³-hybridized carbons (Fsp3) is 0.400. The fourth-order valence-corrected chi connectivity index (χ4v) is 2.73. The van der Waals surface area contributed by atoms with Gasteiger partial charge in [-0.05, 0) is 38.5 Å². The van der Waals surface area contributed by atoms with Crippen LogP contribution in [-0.2, 0) is 6.42 Å². The van der Waals surface area contributed by atoms with E-state index in [1.165, 1.54) is 0 Å². The van der Waals surface area contributed by atoms with E-state index < -0.39 is 0 Å². The van der Waals surface area contributed by atoms with Gasteiger partial charge in [0.1, 0.15) is 17.3 Å². The Hall–Kier alpha value is -1.19. The zero-order valence-corrected chi connectivity index (χ0v) is 13.5. The summed E-state index contributed by atoms with van der Waals surface area (Å²) in [5.74, 6) is 1.64. The summed E-state index contributed by atoms with van der Waals surface area (Å²) >= 11 is 12.3. The summed E-state index contributed by atoms with van der Waals surface area (Å²) in [6.07, 6.45) is 1.91. The summed E-state index contributed by atoms with van der Waals surface area (Å²) < 4.78 is 2.07. The molecule has 0 aliphatic rings. The average molecular weight is 312 g/mol. The number of benzene rings is 1. The third-order valence-electron chi connectivity index (χ3n) is 3.19. The van der Waals surface area contributed by atoms with Gasteiger partial charge >= 0.3 is 0 Å². The van der Waals surface area contributed by atoms with Gasteiger partial charge < -0.3 is 10.3 Å². The lowest BCUT2D eigenvalue weighted by atomic mass is 10.1. The molecular weight excluding hydrogens is 293 g/mol. The SMILES string of the molecule is CCCc1nc(-c2cc(Cl)ccc2Cl)c(N)n1C(C)C. The number of nitrogens with two attached hydrogens (primary N) is 1. The molecule has 0 unspecified atom stereocenters. The number of nitrogen functional groups attached to an aromatic ring is 1. The molecule has 0 saturated carbocycles. The van der Waals surface area contributed by atoms with Crippen LogP contribution in [0.25, 0.3) is 11.3 Å². The van der Waals surface area contributed by atoms with Gasteiger partial charge in [0, 0.05) is 23.0 Å². The molecule has 5 heteroatoms. The van der Waals surface area contributed by atoms with Gasteiger partial charge in [0.25, 0.3) is 0 Å². The fourth-order valence-electron chi connectivity index (χ4n) is 2.35. The summed E-state index contributed by atoms with van der Waals surface area (Å²) in [6.45, 7) is 6.32. The van der Waals surface area contributed by atoms with Crippen molar-refractivity contribution in [1.29, 1.82) is 0 Å². The Kier molecular flexibility index (Phi) is 4.61. The number of aryl methyl sites for hydroxylation is 1. The minimum Gasteiger partial charge on any atom is -0.383 e. The van der Waals surface area contributed by atoms with Crippen LogP contribution < -0.4 is 5.73 Å². The van der Waals surface area contributed by atoms with Crippen molar-refractivity contribution in [2.24, 2.45) is 0 Å². The molecule has 0 bridgehead atoms. The van der Waals surface area contributed by atoms with E-state index in [2.05, 4.69) is 30.3 Å². The second kappa shape index (κ2) is 6.06. The third-order valence-corrected chi connectivity index (χ3v) is 3.76. The number of hydrogen-bond acceptors (Lipinski definition) is 2. The Morgan fingerprint density at radius 3 is 2.60 bits per heavy atom. The van der Waals surface area contributed by atoms with E-state index in [1.807, 2.05) is 6.07 Å². The van der Waals surface area contributed by atoms with Gasteiger partial charge in [0.15, 0.2) is 0 Å². The molecule has 1 heterocycles. The quantitative estimate of drug-likeness (QED) is 0.866. The van der Waals surface area contributed by atoms with Gasteiger partial charge in [-0.25, -0.2) is 4.98 Å². The lowest BCUT2D eigenvalue weighted by molar-refractivity contribution is 0.571. The lowest BCUT2D eigenvalue weighted by Gasteiger charge is -2.13. The predicted octanol–water partition coefficient (Wildman–Crippen LogP) is 4.97. The van der Waals surface area contributed by atoms with Crippen LogP contribution in [0.1, 0.15) is 39.1 Å². The largest absolute Gasteiger partial charge is 0.383 e. The molecule has 0 radical (unpaired) electrons. The van der Waals surface area contributed by atoms with Crippen LogP contribution in [0.2, 0.25) is 10.0 Å². The maximum absolute atomic E-state index is 6.29. The Bertz CT molecular complexity index is 618. The van der Waals surface area contributed by atoms with Gasteiger partial charge in [0.2, 0.25) is 0 Å². The summed E-state index contributed by atoms with van der Waals surface area (Å²) in [4.78, 5) is 4.69. The molecule has 1 aromatic carbocycles. The van der Waals surface area contributed by atoms with Crippen LogP contribution >= 0.6 is 23.2 Å². The van der Waals surface area contributed by atoms with Crippen molar-refractivity contribution in [3.63, 3.8) is 0 Å². The highest BCUT2D eigenvalue weighted by Crippen LogP contribution is 2.35. The normalized spacial score (nSPS) is 11.3. The number of halogens is 2. The maximum Gasteiger partial charge on any atom is 0.132 e. The standard InChI is InChI=1S/C15H19Cl2N3/c1-4-5-13-19-14(15(18)20(13)9(2)3)11-8-10(16)6-7-12(11)17/h6-9H,4-5,18H2,1-3H3. The van der Waals surface area contributed by atoms with Crippen LogP contribution in [0, 0.1) is 0 Å². The van der Waals surface area contributed by atoms with Crippen molar-refractivity contribution >= 4 is 29.0 Å². The minimum atomic E-state index is 0.260. The zero-order chi connectivity index (χ0) is 14.9. The summed E-state index contributed by atoms with van der Waals surface area (Å²) in [5.41, 5.74) is 7.79. The van der Waals surface area contributed by atoms with Crippen LogP contribution in [0.5, 0.6) is 0 Å². The molecule has 0 aliphatic carbocycles. The topological polar surface area (TPSA) is 43.8 Å². The zero-order valence-electron chi connectivity index (χ0n) is 12.0. The first-order valence-corrected chi connectivity index (χ1v) is 7.53. The number of imidazole rings is 1. The van der Waals surface area contributed by atoms with Crippen molar-refractivity contribution in [2.45, 2.75) is 39.7 Å². The van der Waals surface area contributed by atoms with Crippen molar-refractivity contribution in [1.82, 2.24) is 9.55 Å². The number of aromatic nitrogens is 2. The van der Waals surface area contributed by atoms with Gasteiger partial charge in [-0.15, -0.1) is 0 Å². The van der Waals surface area contributed by atoms with E-state index in [1.54, 1.807) is 12.1 Å². The van der Waals surface area contributed by atoms with Crippen molar-refractivity contribution in [3.05, 3.63) is 34.1 Å². The smallest absolute Gasteiger partial charge is 0.132 e. The molecule has 3 nitrogen and oxygen atoms in total. The van der Waals surface area contributed by atoms with E-state index in [0.29, 0.717) is 15.9 Å². The highest BCUT2D eigenvalue weighted by atomic mass is 35.5. The van der Waals surface area contributed by atoms with E-state index >= 15 is 0 Å². The molecule has 0 saturated heterocycles. The Labute approximate surface area is 129 Å². The molecule has 1 aromatic heterocycles. The first-order chi connectivity index (χ1) is 9.45. The van der Waals surface area contributed by atoms with Crippen molar-refractivity contribution < 1.29 is 0 Å². The monoisotopic (exact) mass is 311 g/mol. The number of nitrogens with zero attached hydrogens (tertiary/aromatic N) is 2. The van der Waals surface area contributed by atoms with E-state index in [0.717, 1.165) is 29.9 Å². The predicted molar refractivity (Wildman–Crippen MR) is 86.5 cm³/mol. The van der Waals surface area contributed by atoms with Gasteiger partial charge in [0.05, 0.1) is 5.02 Å². The summed E-state index contributed by atoms with van der Waals surface area (Å²) in [7, 11) is 0. The Balaban J connectivity index is 2.63. The number of hydrogen-bond donors (Lipinski definition) is 1. The van der Waals surface area contributed by atoms with E-state index in [4.69, 9.17) is 28.9 Å². The summed E-state index contributed by atoms with van der Waals surface area (Å²) in [6, 6.07) is 5.60. The highest BCUT2D eigenvalue weighted by molar-refractivity contribution is 6.35. The molecule has 0 fully saturated rings. The Morgan fingerprint density at radius 1 is 1.30 bits per heavy atom. The molecule has 2 rings (SSSR count). The van der Waals surface area contributed by atoms with E-state index in [9.17, 15) is 0 Å². The van der Waals surface area contributed by atoms with Crippen LogP contribution in [0.4, 0.5) is 5.82 Å². The summed E-state index contributed by atoms with van der Waals surface area (Å²) in [5, 5.41) is 1.23. The van der Waals surface area contributed by atoms with Crippen LogP contribution in [-0.4, -0.2) is 9.55 Å². The molecule has 0 aliphatic heterocycles. The lowest BCUT2D eigenvalue weighted by Crippen LogP contribution is -2.09. The van der Waals surface area contributed by atoms with Crippen molar-refractivity contribution in [2.75, 3.05) is 5.73 Å². The number of rotatable bonds is 4. The molecule has 2 N–H and O–H groups in total. The number of anilines is 1. The molecule has 0 spiro atoms. The first kappa shape index (κ1) is 15.2. The van der Waals surface area contributed by atoms with Gasteiger partial charge in [-0.2, -0.15) is 0 Å². The third kappa shape index (κ3) is 2.79. The van der Waals surface area contributed by atoms with Crippen LogP contribution in [0.15, 0.2) is 18.2 Å². The second-order valence-electron chi connectivity index (χ2n) is 5.10.